The Morgan fingerprint density at radius 3 is 2.80 bits per heavy atom. The third-order valence-electron chi connectivity index (χ3n) is 2.19. The maximum absolute atomic E-state index is 12.5. The van der Waals surface area contributed by atoms with Gasteiger partial charge in [0.2, 0.25) is 0 Å². The van der Waals surface area contributed by atoms with Crippen molar-refractivity contribution in [3.05, 3.63) is 21.8 Å². The first-order chi connectivity index (χ1) is 9.28. The third kappa shape index (κ3) is 3.31. The minimum absolute atomic E-state index is 0.119. The quantitative estimate of drug-likeness (QED) is 0.689. The summed E-state index contributed by atoms with van der Waals surface area (Å²) in [6.07, 6.45) is -4.59. The fourth-order valence-electron chi connectivity index (χ4n) is 1.48. The van der Waals surface area contributed by atoms with Crippen molar-refractivity contribution in [3.8, 4) is 0 Å². The van der Waals surface area contributed by atoms with Crippen molar-refractivity contribution >= 4 is 39.3 Å². The lowest BCUT2D eigenvalue weighted by Gasteiger charge is -2.13. The van der Waals surface area contributed by atoms with Crippen LogP contribution in [0.2, 0.25) is 0 Å². The van der Waals surface area contributed by atoms with Crippen molar-refractivity contribution in [1.29, 1.82) is 0 Å². The highest BCUT2D eigenvalue weighted by atomic mass is 32.2. The molecule has 0 unspecified atom stereocenters. The van der Waals surface area contributed by atoms with E-state index in [0.29, 0.717) is 16.3 Å². The molecule has 0 aromatic carbocycles. The Balaban J connectivity index is 2.53. The number of fused-ring (bicyclic) bond motifs is 1. The Morgan fingerprint density at radius 2 is 2.20 bits per heavy atom. The summed E-state index contributed by atoms with van der Waals surface area (Å²) in [6.45, 7) is -1.49. The lowest BCUT2D eigenvalue weighted by atomic mass is 10.4. The van der Waals surface area contributed by atoms with Crippen LogP contribution in [0, 0.1) is 0 Å². The van der Waals surface area contributed by atoms with E-state index in [1.165, 1.54) is 6.07 Å². The zero-order valence-electron chi connectivity index (χ0n) is 9.68. The molecule has 0 spiro atoms. The number of alkyl halides is 3. The first-order valence-electron chi connectivity index (χ1n) is 5.17. The summed E-state index contributed by atoms with van der Waals surface area (Å²) < 4.78 is 38.1. The van der Waals surface area contributed by atoms with E-state index >= 15 is 0 Å². The van der Waals surface area contributed by atoms with Crippen molar-refractivity contribution < 1.29 is 23.1 Å². The SMILES string of the molecule is O=C(O)CSc1nc2ccsc2c(=O)n1CC(F)(F)F. The Kier molecular flexibility index (Phi) is 4.04. The topological polar surface area (TPSA) is 72.2 Å². The molecule has 0 radical (unpaired) electrons. The molecule has 0 fully saturated rings. The van der Waals surface area contributed by atoms with Gasteiger partial charge in [0.15, 0.2) is 5.16 Å². The highest BCUT2D eigenvalue weighted by Gasteiger charge is 2.30. The lowest BCUT2D eigenvalue weighted by molar-refractivity contribution is -0.142. The number of carboxylic acid groups (broad SMARTS) is 1. The van der Waals surface area contributed by atoms with Crippen LogP contribution in [0.15, 0.2) is 21.4 Å². The molecule has 0 saturated carbocycles. The van der Waals surface area contributed by atoms with E-state index < -0.39 is 30.0 Å². The fourth-order valence-corrected chi connectivity index (χ4v) is 2.98. The van der Waals surface area contributed by atoms with Crippen LogP contribution in [0.4, 0.5) is 13.2 Å². The van der Waals surface area contributed by atoms with Gasteiger partial charge in [0, 0.05) is 0 Å². The minimum atomic E-state index is -4.59. The molecule has 2 aromatic heterocycles. The van der Waals surface area contributed by atoms with Crippen LogP contribution in [0.1, 0.15) is 0 Å². The van der Waals surface area contributed by atoms with Crippen molar-refractivity contribution in [1.82, 2.24) is 9.55 Å². The van der Waals surface area contributed by atoms with Crippen LogP contribution in [0.3, 0.4) is 0 Å². The van der Waals surface area contributed by atoms with Gasteiger partial charge in [0.1, 0.15) is 11.2 Å². The van der Waals surface area contributed by atoms with Gasteiger partial charge in [-0.1, -0.05) is 11.8 Å². The summed E-state index contributed by atoms with van der Waals surface area (Å²) in [6, 6.07) is 1.50. The first kappa shape index (κ1) is 14.9. The molecule has 2 heterocycles. The molecular weight excluding hydrogens is 317 g/mol. The Labute approximate surface area is 118 Å². The smallest absolute Gasteiger partial charge is 0.406 e. The number of nitrogens with zero attached hydrogens (tertiary/aromatic N) is 2. The molecule has 2 aromatic rings. The van der Waals surface area contributed by atoms with Gasteiger partial charge < -0.3 is 5.11 Å². The molecule has 2 rings (SSSR count). The highest BCUT2D eigenvalue weighted by Crippen LogP contribution is 2.24. The predicted octanol–water partition coefficient (Wildman–Crippen LogP) is 2.20. The minimum Gasteiger partial charge on any atom is -0.481 e. The van der Waals surface area contributed by atoms with Gasteiger partial charge in [-0.3, -0.25) is 14.2 Å². The van der Waals surface area contributed by atoms with Crippen molar-refractivity contribution in [2.45, 2.75) is 17.9 Å². The first-order valence-corrected chi connectivity index (χ1v) is 7.04. The predicted molar refractivity (Wildman–Crippen MR) is 68.3 cm³/mol. The molecular formula is C10H7F3N2O3S2. The number of hydrogen-bond acceptors (Lipinski definition) is 5. The van der Waals surface area contributed by atoms with Crippen LogP contribution in [0.25, 0.3) is 10.2 Å². The second-order valence-corrected chi connectivity index (χ2v) is 5.58. The summed E-state index contributed by atoms with van der Waals surface area (Å²) in [5, 5.41) is 9.88. The van der Waals surface area contributed by atoms with Gasteiger partial charge in [-0.05, 0) is 11.4 Å². The number of carboxylic acids is 1. The maximum atomic E-state index is 12.5. The van der Waals surface area contributed by atoms with E-state index in [-0.39, 0.29) is 15.4 Å². The lowest BCUT2D eigenvalue weighted by Crippen LogP contribution is -2.30. The normalized spacial score (nSPS) is 11.9. The Hall–Kier alpha value is -1.55. The maximum Gasteiger partial charge on any atom is 0.406 e. The van der Waals surface area contributed by atoms with Crippen LogP contribution in [-0.2, 0) is 11.3 Å². The largest absolute Gasteiger partial charge is 0.481 e. The second-order valence-electron chi connectivity index (χ2n) is 3.72. The van der Waals surface area contributed by atoms with Crippen molar-refractivity contribution in [2.24, 2.45) is 0 Å². The summed E-state index contributed by atoms with van der Waals surface area (Å²) in [5.74, 6) is -1.67. The number of thiophene rings is 1. The van der Waals surface area contributed by atoms with Gasteiger partial charge in [-0.25, -0.2) is 4.98 Å². The summed E-state index contributed by atoms with van der Waals surface area (Å²) in [5.41, 5.74) is -0.540. The fraction of sp³-hybridized carbons (Fsp3) is 0.300. The number of aromatic nitrogens is 2. The zero-order valence-corrected chi connectivity index (χ0v) is 11.3. The van der Waals surface area contributed by atoms with E-state index in [0.717, 1.165) is 11.3 Å². The monoisotopic (exact) mass is 324 g/mol. The third-order valence-corrected chi connectivity index (χ3v) is 4.05. The number of aliphatic carboxylic acids is 1. The molecule has 0 amide bonds. The van der Waals surface area contributed by atoms with Gasteiger partial charge in [-0.2, -0.15) is 13.2 Å². The number of thioether (sulfide) groups is 1. The summed E-state index contributed by atoms with van der Waals surface area (Å²) >= 11 is 1.58. The van der Waals surface area contributed by atoms with Crippen molar-refractivity contribution in [3.63, 3.8) is 0 Å². The average molecular weight is 324 g/mol. The molecule has 0 bridgehead atoms. The van der Waals surface area contributed by atoms with Crippen molar-refractivity contribution in [2.75, 3.05) is 5.75 Å². The molecule has 0 aliphatic heterocycles. The summed E-state index contributed by atoms with van der Waals surface area (Å²) in [4.78, 5) is 26.4. The van der Waals surface area contributed by atoms with Crippen LogP contribution < -0.4 is 5.56 Å². The summed E-state index contributed by atoms with van der Waals surface area (Å²) in [7, 11) is 0. The van der Waals surface area contributed by atoms with Crippen LogP contribution >= 0.6 is 23.1 Å². The molecule has 5 nitrogen and oxygen atoms in total. The van der Waals surface area contributed by atoms with Crippen LogP contribution in [-0.4, -0.2) is 32.6 Å². The van der Waals surface area contributed by atoms with Gasteiger partial charge >= 0.3 is 12.1 Å². The van der Waals surface area contributed by atoms with E-state index in [4.69, 9.17) is 5.11 Å². The molecule has 0 atom stereocenters. The van der Waals surface area contributed by atoms with E-state index in [1.54, 1.807) is 5.38 Å². The average Bonchev–Trinajstić information content (AvgIpc) is 2.77. The second kappa shape index (κ2) is 5.44. The number of rotatable bonds is 4. The van der Waals surface area contributed by atoms with Gasteiger partial charge in [0.25, 0.3) is 5.56 Å². The van der Waals surface area contributed by atoms with E-state index in [9.17, 15) is 22.8 Å². The molecule has 1 N–H and O–H groups in total. The molecule has 108 valence electrons. The highest BCUT2D eigenvalue weighted by molar-refractivity contribution is 7.99. The molecule has 10 heteroatoms. The molecule has 0 aliphatic carbocycles. The van der Waals surface area contributed by atoms with E-state index in [1.807, 2.05) is 0 Å². The van der Waals surface area contributed by atoms with E-state index in [2.05, 4.69) is 4.98 Å². The standard InChI is InChI=1S/C10H7F3N2O3S2/c11-10(12,13)4-15-8(18)7-5(1-2-19-7)14-9(15)20-3-6(16)17/h1-2H,3-4H2,(H,16,17). The molecule has 20 heavy (non-hydrogen) atoms. The number of halogens is 3. The Morgan fingerprint density at radius 1 is 1.50 bits per heavy atom. The number of hydrogen-bond donors (Lipinski definition) is 1. The number of carbonyl (C=O) groups is 1. The molecule has 0 aliphatic rings. The zero-order chi connectivity index (χ0) is 14.9. The molecule has 0 saturated heterocycles. The van der Waals surface area contributed by atoms with Gasteiger partial charge in [-0.15, -0.1) is 11.3 Å². The van der Waals surface area contributed by atoms with Gasteiger partial charge in [0.05, 0.1) is 11.3 Å². The van der Waals surface area contributed by atoms with Crippen LogP contribution in [0.5, 0.6) is 0 Å². The Bertz CT molecular complexity index is 708.